The highest BCUT2D eigenvalue weighted by Crippen LogP contribution is 2.63. The Kier molecular flexibility index (Phi) is 7.99. The van der Waals surface area contributed by atoms with Crippen LogP contribution in [0.15, 0.2) is 237 Å². The van der Waals surface area contributed by atoms with Crippen molar-refractivity contribution in [1.29, 1.82) is 0 Å². The number of rotatable bonds is 6. The van der Waals surface area contributed by atoms with Crippen LogP contribution >= 0.6 is 0 Å². The molecule has 0 aromatic heterocycles. The Morgan fingerprint density at radius 3 is 1.34 bits per heavy atom. The summed E-state index contributed by atoms with van der Waals surface area (Å²) >= 11 is 0. The monoisotopic (exact) mass is 774 g/mol. The van der Waals surface area contributed by atoms with Gasteiger partial charge in [0.2, 0.25) is 0 Å². The summed E-state index contributed by atoms with van der Waals surface area (Å²) < 4.78 is 0. The second-order valence-corrected chi connectivity index (χ2v) is 16.8. The van der Waals surface area contributed by atoms with Gasteiger partial charge in [0, 0.05) is 0 Å². The highest BCUT2D eigenvalue weighted by molar-refractivity contribution is 6.00. The van der Waals surface area contributed by atoms with Crippen molar-refractivity contribution in [3.63, 3.8) is 0 Å². The van der Waals surface area contributed by atoms with Crippen molar-refractivity contribution in [1.82, 2.24) is 0 Å². The van der Waals surface area contributed by atoms with E-state index in [1.807, 2.05) is 0 Å². The van der Waals surface area contributed by atoms with Gasteiger partial charge >= 0.3 is 0 Å². The first kappa shape index (κ1) is 35.4. The Bertz CT molecular complexity index is 3190. The van der Waals surface area contributed by atoms with Crippen LogP contribution in [0.3, 0.4) is 0 Å². The van der Waals surface area contributed by atoms with Crippen molar-refractivity contribution < 1.29 is 0 Å². The molecule has 10 aromatic rings. The highest BCUT2D eigenvalue weighted by Gasteiger charge is 2.52. The van der Waals surface area contributed by atoms with Gasteiger partial charge in [-0.3, -0.25) is 0 Å². The minimum Gasteiger partial charge on any atom is -0.0622 e. The fraction of sp³-hybridized carbons (Fsp3) is 0.0492. The van der Waals surface area contributed by atoms with Gasteiger partial charge in [0.1, 0.15) is 0 Å². The van der Waals surface area contributed by atoms with Crippen LogP contribution < -0.4 is 0 Å². The third-order valence-electron chi connectivity index (χ3n) is 13.7. The lowest BCUT2D eigenvalue weighted by Gasteiger charge is -2.35. The molecule has 0 atom stereocenters. The number of fused-ring (bicyclic) bond motifs is 7. The van der Waals surface area contributed by atoms with Gasteiger partial charge in [-0.1, -0.05) is 212 Å². The van der Waals surface area contributed by atoms with Crippen LogP contribution in [0.1, 0.15) is 50.1 Å². The molecule has 0 radical (unpaired) electrons. The van der Waals surface area contributed by atoms with Crippen LogP contribution in [0, 0.1) is 6.92 Å². The maximum atomic E-state index is 2.60. The van der Waals surface area contributed by atoms with Crippen LogP contribution in [0.5, 0.6) is 0 Å². The average Bonchev–Trinajstić information content (AvgIpc) is 3.79. The van der Waals surface area contributed by atoms with Gasteiger partial charge in [0.05, 0.1) is 10.8 Å². The van der Waals surface area contributed by atoms with E-state index in [1.54, 1.807) is 0 Å². The summed E-state index contributed by atoms with van der Waals surface area (Å²) in [6.07, 6.45) is 0. The quantitative estimate of drug-likeness (QED) is 0.158. The molecule has 61 heavy (non-hydrogen) atoms. The third kappa shape index (κ3) is 5.06. The first-order valence-corrected chi connectivity index (χ1v) is 21.4. The minimum atomic E-state index is -0.578. The van der Waals surface area contributed by atoms with E-state index in [-0.39, 0.29) is 0 Å². The normalized spacial score (nSPS) is 13.9. The van der Waals surface area contributed by atoms with Crippen LogP contribution in [0.2, 0.25) is 0 Å². The SMILES string of the molecule is Cc1cc(-c2ccccc2)cc2c1-c1cc3c(cc1C2(c1ccccc1)c1ccccc1)-c1ccc(-c2cccc4ccccc24)cc1C3(c1ccccc1)c1ccccc1. The van der Waals surface area contributed by atoms with Crippen LogP contribution in [-0.4, -0.2) is 0 Å². The zero-order chi connectivity index (χ0) is 40.5. The summed E-state index contributed by atoms with van der Waals surface area (Å²) in [5.41, 5.74) is 20.7. The zero-order valence-electron chi connectivity index (χ0n) is 34.0. The molecule has 0 fully saturated rings. The van der Waals surface area contributed by atoms with E-state index in [1.165, 1.54) is 105 Å². The molecule has 12 rings (SSSR count). The van der Waals surface area contributed by atoms with E-state index in [0.717, 1.165) is 0 Å². The standard InChI is InChI=1S/C61H42/c1-41-36-45(42-20-7-2-8-21-42)38-58-59(41)54-40-56-53(39-57(54)61(58,48-28-13-5-14-29-48)49-30-15-6-16-31-49)52-35-34-44(51-33-19-23-43-22-17-18-32-50(43)51)37-55(52)60(56,46-24-9-3-10-25-46)47-26-11-4-12-27-47/h2-40H,1H3. The molecule has 0 spiro atoms. The summed E-state index contributed by atoms with van der Waals surface area (Å²) in [6.45, 7) is 2.32. The Morgan fingerprint density at radius 1 is 0.279 bits per heavy atom. The Labute approximate surface area is 358 Å². The summed E-state index contributed by atoms with van der Waals surface area (Å²) in [5, 5.41) is 2.52. The van der Waals surface area contributed by atoms with E-state index in [9.17, 15) is 0 Å². The second-order valence-electron chi connectivity index (χ2n) is 16.8. The third-order valence-corrected chi connectivity index (χ3v) is 13.7. The molecule has 0 N–H and O–H groups in total. The number of hydrogen-bond acceptors (Lipinski definition) is 0. The smallest absolute Gasteiger partial charge is 0.0622 e. The molecule has 2 aliphatic carbocycles. The van der Waals surface area contributed by atoms with Crippen molar-refractivity contribution in [2.75, 3.05) is 0 Å². The minimum absolute atomic E-state index is 0.564. The van der Waals surface area contributed by atoms with Gasteiger partial charge in [-0.15, -0.1) is 0 Å². The molecule has 0 saturated carbocycles. The molecule has 0 bridgehead atoms. The summed E-state index contributed by atoms with van der Waals surface area (Å²) in [5.74, 6) is 0. The predicted octanol–water partition coefficient (Wildman–Crippen LogP) is 15.2. The van der Waals surface area contributed by atoms with Crippen molar-refractivity contribution in [2.24, 2.45) is 0 Å². The van der Waals surface area contributed by atoms with Crippen molar-refractivity contribution in [3.05, 3.63) is 287 Å². The molecule has 0 saturated heterocycles. The molecule has 0 unspecified atom stereocenters. The molecule has 0 heterocycles. The highest BCUT2D eigenvalue weighted by atomic mass is 14.5. The molecular weight excluding hydrogens is 733 g/mol. The Balaban J connectivity index is 1.23. The maximum absolute atomic E-state index is 2.60. The van der Waals surface area contributed by atoms with Crippen molar-refractivity contribution in [3.8, 4) is 44.5 Å². The molecule has 0 heteroatoms. The predicted molar refractivity (Wildman–Crippen MR) is 254 cm³/mol. The zero-order valence-corrected chi connectivity index (χ0v) is 34.0. The van der Waals surface area contributed by atoms with Gasteiger partial charge in [0.15, 0.2) is 0 Å². The van der Waals surface area contributed by atoms with Crippen molar-refractivity contribution in [2.45, 2.75) is 17.8 Å². The van der Waals surface area contributed by atoms with E-state index in [4.69, 9.17) is 0 Å². The van der Waals surface area contributed by atoms with Crippen LogP contribution in [0.25, 0.3) is 55.3 Å². The second kappa shape index (κ2) is 13.8. The van der Waals surface area contributed by atoms with Gasteiger partial charge in [-0.25, -0.2) is 0 Å². The number of hydrogen-bond donors (Lipinski definition) is 0. The number of benzene rings is 10. The van der Waals surface area contributed by atoms with Gasteiger partial charge in [-0.05, 0) is 137 Å². The fourth-order valence-electron chi connectivity index (χ4n) is 11.2. The fourth-order valence-corrected chi connectivity index (χ4v) is 11.2. The molecular formula is C61H42. The number of aryl methyl sites for hydroxylation is 1. The van der Waals surface area contributed by atoms with Gasteiger partial charge < -0.3 is 0 Å². The van der Waals surface area contributed by atoms with E-state index in [0.29, 0.717) is 0 Å². The first-order valence-electron chi connectivity index (χ1n) is 21.4. The maximum Gasteiger partial charge on any atom is 0.0714 e. The molecule has 0 amide bonds. The molecule has 286 valence electrons. The van der Waals surface area contributed by atoms with Gasteiger partial charge in [0.25, 0.3) is 0 Å². The summed E-state index contributed by atoms with van der Waals surface area (Å²) in [7, 11) is 0. The largest absolute Gasteiger partial charge is 0.0714 e. The van der Waals surface area contributed by atoms with E-state index in [2.05, 4.69) is 244 Å². The van der Waals surface area contributed by atoms with Crippen LogP contribution in [0.4, 0.5) is 0 Å². The molecule has 0 nitrogen and oxygen atoms in total. The first-order chi connectivity index (χ1) is 30.2. The lowest BCUT2D eigenvalue weighted by molar-refractivity contribution is 0.759. The van der Waals surface area contributed by atoms with Crippen molar-refractivity contribution >= 4 is 10.8 Å². The topological polar surface area (TPSA) is 0 Å². The van der Waals surface area contributed by atoms with Gasteiger partial charge in [-0.2, -0.15) is 0 Å². The molecule has 2 aliphatic rings. The summed E-state index contributed by atoms with van der Waals surface area (Å²) in [4.78, 5) is 0. The average molecular weight is 775 g/mol. The lowest BCUT2D eigenvalue weighted by atomic mass is 9.65. The summed E-state index contributed by atoms with van der Waals surface area (Å²) in [6, 6.07) is 88.7. The van der Waals surface area contributed by atoms with E-state index < -0.39 is 10.8 Å². The Hall–Kier alpha value is -7.54. The lowest BCUT2D eigenvalue weighted by Crippen LogP contribution is -2.30. The molecule has 0 aliphatic heterocycles. The van der Waals surface area contributed by atoms with E-state index >= 15 is 0 Å². The Morgan fingerprint density at radius 2 is 0.738 bits per heavy atom. The molecule has 10 aromatic carbocycles. The van der Waals surface area contributed by atoms with Crippen LogP contribution in [-0.2, 0) is 10.8 Å².